The van der Waals surface area contributed by atoms with Gasteiger partial charge >= 0.3 is 0 Å². The second-order valence-corrected chi connectivity index (χ2v) is 5.17. The van der Waals surface area contributed by atoms with Crippen LogP contribution in [0.5, 0.6) is 0 Å². The molecule has 2 atom stereocenters. The number of halogens is 2. The molecule has 1 aromatic carbocycles. The van der Waals surface area contributed by atoms with Gasteiger partial charge in [-0.05, 0) is 63.0 Å². The second kappa shape index (κ2) is 5.99. The fourth-order valence-corrected chi connectivity index (χ4v) is 2.06. The molecule has 0 amide bonds. The topological polar surface area (TPSA) is 32.3 Å². The zero-order valence-electron chi connectivity index (χ0n) is 8.80. The van der Waals surface area contributed by atoms with Crippen LogP contribution in [-0.4, -0.2) is 17.7 Å². The minimum Gasteiger partial charge on any atom is -0.387 e. The molecule has 0 saturated heterocycles. The van der Waals surface area contributed by atoms with Crippen molar-refractivity contribution in [1.82, 2.24) is 5.32 Å². The van der Waals surface area contributed by atoms with E-state index in [0.717, 1.165) is 21.1 Å². The van der Waals surface area contributed by atoms with Crippen molar-refractivity contribution in [3.8, 4) is 0 Å². The average molecular weight is 337 g/mol. The molecule has 0 aliphatic carbocycles. The highest BCUT2D eigenvalue weighted by atomic mass is 79.9. The maximum Gasteiger partial charge on any atom is 0.0940 e. The SMILES string of the molecule is CCNC(C)C(O)c1ccc(Br)c(Br)c1. The van der Waals surface area contributed by atoms with Gasteiger partial charge in [-0.1, -0.05) is 13.0 Å². The van der Waals surface area contributed by atoms with Crippen LogP contribution < -0.4 is 5.32 Å². The van der Waals surface area contributed by atoms with Gasteiger partial charge in [-0.3, -0.25) is 0 Å². The molecule has 0 saturated carbocycles. The Morgan fingerprint density at radius 3 is 2.53 bits per heavy atom. The lowest BCUT2D eigenvalue weighted by molar-refractivity contribution is 0.137. The fraction of sp³-hybridized carbons (Fsp3) is 0.455. The van der Waals surface area contributed by atoms with Crippen LogP contribution in [-0.2, 0) is 0 Å². The van der Waals surface area contributed by atoms with Crippen molar-refractivity contribution in [2.24, 2.45) is 0 Å². The van der Waals surface area contributed by atoms with Crippen LogP contribution in [0, 0.1) is 0 Å². The highest BCUT2D eigenvalue weighted by Gasteiger charge is 2.15. The van der Waals surface area contributed by atoms with E-state index in [9.17, 15) is 5.11 Å². The smallest absolute Gasteiger partial charge is 0.0940 e. The van der Waals surface area contributed by atoms with Gasteiger partial charge in [0.15, 0.2) is 0 Å². The third-order valence-corrected chi connectivity index (χ3v) is 4.16. The van der Waals surface area contributed by atoms with Gasteiger partial charge < -0.3 is 10.4 Å². The van der Waals surface area contributed by atoms with Crippen LogP contribution in [0.4, 0.5) is 0 Å². The Balaban J connectivity index is 2.81. The predicted octanol–water partition coefficient (Wildman–Crippen LogP) is 3.24. The Hall–Kier alpha value is 0.1000. The second-order valence-electron chi connectivity index (χ2n) is 3.46. The van der Waals surface area contributed by atoms with Crippen LogP contribution >= 0.6 is 31.9 Å². The van der Waals surface area contributed by atoms with E-state index in [-0.39, 0.29) is 6.04 Å². The first-order chi connectivity index (χ1) is 7.06. The van der Waals surface area contributed by atoms with Gasteiger partial charge in [-0.25, -0.2) is 0 Å². The van der Waals surface area contributed by atoms with Crippen molar-refractivity contribution >= 4 is 31.9 Å². The summed E-state index contributed by atoms with van der Waals surface area (Å²) in [7, 11) is 0. The summed E-state index contributed by atoms with van der Waals surface area (Å²) in [4.78, 5) is 0. The van der Waals surface area contributed by atoms with E-state index >= 15 is 0 Å². The monoisotopic (exact) mass is 335 g/mol. The van der Waals surface area contributed by atoms with Gasteiger partial charge in [0.2, 0.25) is 0 Å². The third kappa shape index (κ3) is 3.55. The Bertz CT molecular complexity index is 330. The molecule has 0 bridgehead atoms. The largest absolute Gasteiger partial charge is 0.387 e. The lowest BCUT2D eigenvalue weighted by Gasteiger charge is -2.20. The Labute approximate surface area is 107 Å². The first kappa shape index (κ1) is 13.2. The average Bonchev–Trinajstić information content (AvgIpc) is 2.21. The van der Waals surface area contributed by atoms with Crippen LogP contribution in [0.25, 0.3) is 0 Å². The molecule has 15 heavy (non-hydrogen) atoms. The zero-order chi connectivity index (χ0) is 11.4. The zero-order valence-corrected chi connectivity index (χ0v) is 12.0. The summed E-state index contributed by atoms with van der Waals surface area (Å²) >= 11 is 6.83. The van der Waals surface area contributed by atoms with Crippen LogP contribution in [0.1, 0.15) is 25.5 Å². The van der Waals surface area contributed by atoms with Gasteiger partial charge in [0.25, 0.3) is 0 Å². The van der Waals surface area contributed by atoms with Crippen LogP contribution in [0.2, 0.25) is 0 Å². The number of hydrogen-bond donors (Lipinski definition) is 2. The number of rotatable bonds is 4. The number of aliphatic hydroxyl groups excluding tert-OH is 1. The van der Waals surface area contributed by atoms with E-state index in [2.05, 4.69) is 37.2 Å². The van der Waals surface area contributed by atoms with Gasteiger partial charge in [-0.15, -0.1) is 0 Å². The van der Waals surface area contributed by atoms with E-state index in [1.807, 2.05) is 32.0 Å². The first-order valence-electron chi connectivity index (χ1n) is 4.92. The molecule has 2 nitrogen and oxygen atoms in total. The van der Waals surface area contributed by atoms with Crippen molar-refractivity contribution in [3.05, 3.63) is 32.7 Å². The molecule has 0 radical (unpaired) electrons. The molecule has 0 heterocycles. The normalized spacial score (nSPS) is 15.0. The molecular weight excluding hydrogens is 322 g/mol. The van der Waals surface area contributed by atoms with E-state index in [1.54, 1.807) is 0 Å². The molecule has 2 unspecified atom stereocenters. The van der Waals surface area contributed by atoms with Crippen molar-refractivity contribution in [3.63, 3.8) is 0 Å². The fourth-order valence-electron chi connectivity index (χ4n) is 1.42. The summed E-state index contributed by atoms with van der Waals surface area (Å²) in [5, 5.41) is 13.2. The maximum atomic E-state index is 10.0. The highest BCUT2D eigenvalue weighted by Crippen LogP contribution is 2.27. The molecular formula is C11H15Br2NO. The Morgan fingerprint density at radius 1 is 1.33 bits per heavy atom. The molecule has 2 N–H and O–H groups in total. The van der Waals surface area contributed by atoms with Crippen molar-refractivity contribution in [2.75, 3.05) is 6.54 Å². The summed E-state index contributed by atoms with van der Waals surface area (Å²) < 4.78 is 1.96. The number of aliphatic hydroxyl groups is 1. The third-order valence-electron chi connectivity index (χ3n) is 2.28. The van der Waals surface area contributed by atoms with Crippen molar-refractivity contribution < 1.29 is 5.11 Å². The lowest BCUT2D eigenvalue weighted by Crippen LogP contribution is -2.31. The first-order valence-corrected chi connectivity index (χ1v) is 6.51. The molecule has 1 aromatic rings. The minimum atomic E-state index is -0.477. The molecule has 0 aromatic heterocycles. The quantitative estimate of drug-likeness (QED) is 0.884. The van der Waals surface area contributed by atoms with Gasteiger partial charge in [0.05, 0.1) is 6.10 Å². The van der Waals surface area contributed by atoms with E-state index in [1.165, 1.54) is 0 Å². The van der Waals surface area contributed by atoms with E-state index in [0.29, 0.717) is 0 Å². The summed E-state index contributed by atoms with van der Waals surface area (Å²) in [6.45, 7) is 4.86. The van der Waals surface area contributed by atoms with Gasteiger partial charge in [0.1, 0.15) is 0 Å². The minimum absolute atomic E-state index is 0.0584. The number of nitrogens with one attached hydrogen (secondary N) is 1. The summed E-state index contributed by atoms with van der Waals surface area (Å²) in [6, 6.07) is 5.85. The lowest BCUT2D eigenvalue weighted by atomic mass is 10.0. The molecule has 0 spiro atoms. The summed E-state index contributed by atoms with van der Waals surface area (Å²) in [5.74, 6) is 0. The van der Waals surface area contributed by atoms with Crippen LogP contribution in [0.15, 0.2) is 27.1 Å². The molecule has 0 fully saturated rings. The number of likely N-dealkylation sites (N-methyl/N-ethyl adjacent to an activating group) is 1. The predicted molar refractivity (Wildman–Crippen MR) is 69.9 cm³/mol. The van der Waals surface area contributed by atoms with Gasteiger partial charge in [0, 0.05) is 15.0 Å². The summed E-state index contributed by atoms with van der Waals surface area (Å²) in [6.07, 6.45) is -0.477. The molecule has 0 aliphatic heterocycles. The Morgan fingerprint density at radius 2 is 2.00 bits per heavy atom. The molecule has 4 heteroatoms. The van der Waals surface area contributed by atoms with Crippen molar-refractivity contribution in [1.29, 1.82) is 0 Å². The summed E-state index contributed by atoms with van der Waals surface area (Å²) in [5.41, 5.74) is 0.915. The molecule has 84 valence electrons. The van der Waals surface area contributed by atoms with E-state index < -0.39 is 6.10 Å². The van der Waals surface area contributed by atoms with Gasteiger partial charge in [-0.2, -0.15) is 0 Å². The van der Waals surface area contributed by atoms with Crippen molar-refractivity contribution in [2.45, 2.75) is 26.0 Å². The standard InChI is InChI=1S/C11H15Br2NO/c1-3-14-7(2)11(15)8-4-5-9(12)10(13)6-8/h4-7,11,14-15H,3H2,1-2H3. The number of benzene rings is 1. The molecule has 1 rings (SSSR count). The number of hydrogen-bond acceptors (Lipinski definition) is 2. The molecule has 0 aliphatic rings. The Kier molecular flexibility index (Phi) is 5.26. The van der Waals surface area contributed by atoms with E-state index in [4.69, 9.17) is 0 Å². The highest BCUT2D eigenvalue weighted by molar-refractivity contribution is 9.13. The van der Waals surface area contributed by atoms with Crippen LogP contribution in [0.3, 0.4) is 0 Å². The maximum absolute atomic E-state index is 10.0.